The number of benzene rings is 1. The zero-order valence-electron chi connectivity index (χ0n) is 14.0. The van der Waals surface area contributed by atoms with Crippen molar-refractivity contribution < 1.29 is 14.7 Å². The van der Waals surface area contributed by atoms with Crippen LogP contribution in [0.25, 0.3) is 6.08 Å². The number of hydrogen-bond acceptors (Lipinski definition) is 3. The molecule has 1 aromatic rings. The molecule has 2 fully saturated rings. The molecule has 128 valence electrons. The number of aliphatic carboxylic acids is 1. The number of carbonyl (C=O) groups is 2. The first-order valence-electron chi connectivity index (χ1n) is 8.46. The fourth-order valence-corrected chi connectivity index (χ4v) is 4.01. The van der Waals surface area contributed by atoms with Crippen LogP contribution in [0.5, 0.6) is 0 Å². The van der Waals surface area contributed by atoms with Crippen LogP contribution >= 0.6 is 0 Å². The maximum atomic E-state index is 12.0. The molecule has 2 heterocycles. The Morgan fingerprint density at radius 2 is 1.96 bits per heavy atom. The molecule has 2 saturated heterocycles. The lowest BCUT2D eigenvalue weighted by atomic mass is 9.77. The largest absolute Gasteiger partial charge is 0.481 e. The van der Waals surface area contributed by atoms with Gasteiger partial charge >= 0.3 is 5.97 Å². The molecule has 1 aromatic carbocycles. The van der Waals surface area contributed by atoms with Gasteiger partial charge in [0, 0.05) is 33.1 Å². The SMILES string of the molecule is CN1C(=O)CC(C(=O)O)C12CCN(CC=Cc1ccccc1)CC2. The molecule has 1 atom stereocenters. The monoisotopic (exact) mass is 328 g/mol. The van der Waals surface area contributed by atoms with Crippen molar-refractivity contribution in [2.75, 3.05) is 26.7 Å². The second-order valence-electron chi connectivity index (χ2n) is 6.76. The fraction of sp³-hybridized carbons (Fsp3) is 0.474. The van der Waals surface area contributed by atoms with Crippen LogP contribution in [0.2, 0.25) is 0 Å². The zero-order chi connectivity index (χ0) is 17.2. The van der Waals surface area contributed by atoms with Gasteiger partial charge in [-0.25, -0.2) is 0 Å². The quantitative estimate of drug-likeness (QED) is 0.919. The molecule has 0 bridgehead atoms. The molecular formula is C19H24N2O3. The van der Waals surface area contributed by atoms with E-state index >= 15 is 0 Å². The van der Waals surface area contributed by atoms with Gasteiger partial charge in [0.1, 0.15) is 0 Å². The molecule has 0 saturated carbocycles. The minimum atomic E-state index is -0.842. The van der Waals surface area contributed by atoms with Crippen molar-refractivity contribution >= 4 is 18.0 Å². The number of hydrogen-bond donors (Lipinski definition) is 1. The normalized spacial score (nSPS) is 24.1. The number of carboxylic acids is 1. The lowest BCUT2D eigenvalue weighted by Crippen LogP contribution is -2.56. The Kier molecular flexibility index (Phi) is 4.71. The summed E-state index contributed by atoms with van der Waals surface area (Å²) in [4.78, 5) is 27.6. The van der Waals surface area contributed by atoms with Gasteiger partial charge in [0.15, 0.2) is 0 Å². The van der Waals surface area contributed by atoms with E-state index in [2.05, 4.69) is 29.2 Å². The number of carboxylic acid groups (broad SMARTS) is 1. The predicted molar refractivity (Wildman–Crippen MR) is 92.4 cm³/mol. The number of rotatable bonds is 4. The van der Waals surface area contributed by atoms with Crippen molar-refractivity contribution in [3.05, 3.63) is 42.0 Å². The third kappa shape index (κ3) is 3.08. The van der Waals surface area contributed by atoms with Crippen LogP contribution in [0.1, 0.15) is 24.8 Å². The Balaban J connectivity index is 1.60. The standard InChI is InChI=1S/C19H24N2O3/c1-20-17(22)14-16(18(23)24)19(20)9-12-21(13-10-19)11-5-8-15-6-3-2-4-7-15/h2-8,16H,9-14H2,1H3,(H,23,24). The lowest BCUT2D eigenvalue weighted by molar-refractivity contribution is -0.146. The molecule has 0 radical (unpaired) electrons. The Hall–Kier alpha value is -2.14. The van der Waals surface area contributed by atoms with Gasteiger partial charge in [-0.15, -0.1) is 0 Å². The highest BCUT2D eigenvalue weighted by molar-refractivity contribution is 5.88. The van der Waals surface area contributed by atoms with E-state index in [-0.39, 0.29) is 12.3 Å². The highest BCUT2D eigenvalue weighted by Crippen LogP contribution is 2.42. The predicted octanol–water partition coefficient (Wildman–Crippen LogP) is 2.10. The summed E-state index contributed by atoms with van der Waals surface area (Å²) < 4.78 is 0. The maximum absolute atomic E-state index is 12.0. The second kappa shape index (κ2) is 6.77. The van der Waals surface area contributed by atoms with Crippen LogP contribution in [0, 0.1) is 5.92 Å². The Morgan fingerprint density at radius 1 is 1.29 bits per heavy atom. The van der Waals surface area contributed by atoms with Gasteiger partial charge in [-0.3, -0.25) is 14.5 Å². The maximum Gasteiger partial charge on any atom is 0.309 e. The lowest BCUT2D eigenvalue weighted by Gasteiger charge is -2.45. The van der Waals surface area contributed by atoms with Crippen LogP contribution in [-0.2, 0) is 9.59 Å². The number of carbonyl (C=O) groups excluding carboxylic acids is 1. The van der Waals surface area contributed by atoms with E-state index in [1.165, 1.54) is 5.56 Å². The van der Waals surface area contributed by atoms with Crippen molar-refractivity contribution in [2.24, 2.45) is 5.92 Å². The second-order valence-corrected chi connectivity index (χ2v) is 6.76. The average molecular weight is 328 g/mol. The summed E-state index contributed by atoms with van der Waals surface area (Å²) in [6, 6.07) is 10.2. The molecule has 1 spiro atoms. The number of piperidine rings is 1. The van der Waals surface area contributed by atoms with Gasteiger partial charge in [-0.2, -0.15) is 0 Å². The van der Waals surface area contributed by atoms with Crippen LogP contribution in [0.4, 0.5) is 0 Å². The minimum Gasteiger partial charge on any atom is -0.481 e. The zero-order valence-corrected chi connectivity index (χ0v) is 14.0. The first-order valence-corrected chi connectivity index (χ1v) is 8.46. The van der Waals surface area contributed by atoms with Crippen molar-refractivity contribution in [1.82, 2.24) is 9.80 Å². The molecule has 1 N–H and O–H groups in total. The molecule has 5 nitrogen and oxygen atoms in total. The van der Waals surface area contributed by atoms with E-state index in [4.69, 9.17) is 0 Å². The molecule has 1 amide bonds. The van der Waals surface area contributed by atoms with Crippen molar-refractivity contribution in [2.45, 2.75) is 24.8 Å². The molecule has 3 rings (SSSR count). The van der Waals surface area contributed by atoms with Gasteiger partial charge in [0.05, 0.1) is 11.5 Å². The van der Waals surface area contributed by atoms with E-state index in [0.717, 1.165) is 32.5 Å². The van der Waals surface area contributed by atoms with Crippen molar-refractivity contribution in [1.29, 1.82) is 0 Å². The topological polar surface area (TPSA) is 60.9 Å². The summed E-state index contributed by atoms with van der Waals surface area (Å²) >= 11 is 0. The molecule has 5 heteroatoms. The summed E-state index contributed by atoms with van der Waals surface area (Å²) in [5.41, 5.74) is 0.681. The molecular weight excluding hydrogens is 304 g/mol. The summed E-state index contributed by atoms with van der Waals surface area (Å²) in [6.45, 7) is 2.49. The van der Waals surface area contributed by atoms with E-state index in [1.54, 1.807) is 11.9 Å². The summed E-state index contributed by atoms with van der Waals surface area (Å²) in [5, 5.41) is 9.50. The number of amides is 1. The van der Waals surface area contributed by atoms with Gasteiger partial charge in [-0.1, -0.05) is 42.5 Å². The van der Waals surface area contributed by atoms with Crippen LogP contribution in [0.15, 0.2) is 36.4 Å². The molecule has 24 heavy (non-hydrogen) atoms. The first-order chi connectivity index (χ1) is 11.5. The fourth-order valence-electron chi connectivity index (χ4n) is 4.01. The van der Waals surface area contributed by atoms with Crippen molar-refractivity contribution in [3.63, 3.8) is 0 Å². The summed E-state index contributed by atoms with van der Waals surface area (Å²) in [5.74, 6) is -1.46. The highest BCUT2D eigenvalue weighted by Gasteiger charge is 2.55. The van der Waals surface area contributed by atoms with E-state index in [1.807, 2.05) is 18.2 Å². The number of nitrogens with zero attached hydrogens (tertiary/aromatic N) is 2. The van der Waals surface area contributed by atoms with Crippen LogP contribution in [0.3, 0.4) is 0 Å². The van der Waals surface area contributed by atoms with Crippen LogP contribution in [-0.4, -0.2) is 59.0 Å². The smallest absolute Gasteiger partial charge is 0.309 e. The number of likely N-dealkylation sites (tertiary alicyclic amines) is 2. The van der Waals surface area contributed by atoms with E-state index in [0.29, 0.717) is 0 Å². The third-order valence-electron chi connectivity index (χ3n) is 5.56. The van der Waals surface area contributed by atoms with Gasteiger partial charge in [0.25, 0.3) is 0 Å². The van der Waals surface area contributed by atoms with Crippen molar-refractivity contribution in [3.8, 4) is 0 Å². The Morgan fingerprint density at radius 3 is 2.58 bits per heavy atom. The highest BCUT2D eigenvalue weighted by atomic mass is 16.4. The minimum absolute atomic E-state index is 0.0418. The molecule has 0 aliphatic carbocycles. The summed E-state index contributed by atoms with van der Waals surface area (Å²) in [6.07, 6.45) is 5.84. The molecule has 0 aromatic heterocycles. The van der Waals surface area contributed by atoms with Gasteiger partial charge in [0.2, 0.25) is 5.91 Å². The van der Waals surface area contributed by atoms with Crippen LogP contribution < -0.4 is 0 Å². The van der Waals surface area contributed by atoms with Gasteiger partial charge < -0.3 is 10.0 Å². The van der Waals surface area contributed by atoms with E-state index < -0.39 is 17.4 Å². The van der Waals surface area contributed by atoms with Gasteiger partial charge in [-0.05, 0) is 18.4 Å². The van der Waals surface area contributed by atoms with E-state index in [9.17, 15) is 14.7 Å². The molecule has 2 aliphatic rings. The molecule has 1 unspecified atom stereocenters. The Bertz CT molecular complexity index is 633. The average Bonchev–Trinajstić information content (AvgIpc) is 2.83. The summed E-state index contributed by atoms with van der Waals surface area (Å²) in [7, 11) is 1.76. The molecule has 2 aliphatic heterocycles. The first kappa shape index (κ1) is 16.7. The third-order valence-corrected chi connectivity index (χ3v) is 5.56. The Labute approximate surface area is 142 Å².